The molecule has 0 aromatic carbocycles. The molecule has 3 rings (SSSR count). The summed E-state index contributed by atoms with van der Waals surface area (Å²) in [6.45, 7) is 4.94. The fourth-order valence-corrected chi connectivity index (χ4v) is 4.21. The minimum absolute atomic E-state index is 0.930. The van der Waals surface area contributed by atoms with Crippen LogP contribution in [0.2, 0.25) is 0 Å². The normalized spacial score (nSPS) is 70.2. The van der Waals surface area contributed by atoms with Gasteiger partial charge in [0.05, 0.1) is 0 Å². The van der Waals surface area contributed by atoms with E-state index in [1.165, 1.54) is 5.92 Å². The monoisotopic (exact) mass is 136 g/mol. The Bertz CT molecular complexity index is 184. The summed E-state index contributed by atoms with van der Waals surface area (Å²) in [5.74, 6) is 4.48. The lowest BCUT2D eigenvalue weighted by molar-refractivity contribution is -0.0110. The fraction of sp³-hybridized carbons (Fsp3) is 1.00. The first kappa shape index (κ1) is 5.62. The van der Waals surface area contributed by atoms with Crippen molar-refractivity contribution in [2.45, 2.75) is 33.1 Å². The van der Waals surface area contributed by atoms with E-state index in [1.807, 2.05) is 0 Å². The van der Waals surface area contributed by atoms with Crippen molar-refractivity contribution in [2.75, 3.05) is 0 Å². The van der Waals surface area contributed by atoms with Crippen LogP contribution >= 0.6 is 0 Å². The van der Waals surface area contributed by atoms with Crippen LogP contribution in [0.5, 0.6) is 0 Å². The molecule has 3 aliphatic carbocycles. The maximum absolute atomic E-state index is 2.48. The van der Waals surface area contributed by atoms with E-state index < -0.39 is 0 Å². The Morgan fingerprint density at radius 2 is 2.00 bits per heavy atom. The van der Waals surface area contributed by atoms with Crippen LogP contribution in [0, 0.1) is 29.1 Å². The van der Waals surface area contributed by atoms with Crippen molar-refractivity contribution in [3.05, 3.63) is 0 Å². The first-order chi connectivity index (χ1) is 4.77. The average Bonchev–Trinajstić information content (AvgIpc) is 2.61. The third-order valence-electron chi connectivity index (χ3n) is 4.99. The molecule has 3 aliphatic rings. The Kier molecular flexibility index (Phi) is 0.735. The van der Waals surface area contributed by atoms with Crippen molar-refractivity contribution >= 4 is 0 Å². The van der Waals surface area contributed by atoms with Gasteiger partial charge in [0.25, 0.3) is 0 Å². The molecule has 1 spiro atoms. The molecule has 5 atom stereocenters. The Balaban J connectivity index is 1.96. The Hall–Kier alpha value is 0. The first-order valence-corrected chi connectivity index (χ1v) is 4.77. The van der Waals surface area contributed by atoms with Crippen LogP contribution < -0.4 is 0 Å². The van der Waals surface area contributed by atoms with Gasteiger partial charge in [-0.1, -0.05) is 13.8 Å². The average molecular weight is 136 g/mol. The minimum Gasteiger partial charge on any atom is -0.0619 e. The van der Waals surface area contributed by atoms with Gasteiger partial charge in [-0.05, 0) is 48.3 Å². The second kappa shape index (κ2) is 1.31. The van der Waals surface area contributed by atoms with Crippen LogP contribution in [-0.2, 0) is 0 Å². The molecule has 0 N–H and O–H groups in total. The molecule has 0 nitrogen and oxygen atoms in total. The Morgan fingerprint density at radius 3 is 2.60 bits per heavy atom. The molecular formula is C10H16. The predicted octanol–water partition coefficient (Wildman–Crippen LogP) is 2.69. The van der Waals surface area contributed by atoms with Gasteiger partial charge in [-0.3, -0.25) is 0 Å². The highest BCUT2D eigenvalue weighted by Crippen LogP contribution is 2.80. The Labute approximate surface area is 63.0 Å². The van der Waals surface area contributed by atoms with Crippen molar-refractivity contribution in [3.8, 4) is 0 Å². The standard InChI is InChI=1S/C10H16/c1-6-7(2)10-5-8(10)3-4-9(6)10/h6-9H,3-5H2,1-2H3/t6-,7?,8?,9?,10?/m1/s1. The quantitative estimate of drug-likeness (QED) is 0.480. The van der Waals surface area contributed by atoms with Gasteiger partial charge in [0.2, 0.25) is 0 Å². The number of hydrogen-bond acceptors (Lipinski definition) is 0. The van der Waals surface area contributed by atoms with Crippen LogP contribution in [0.15, 0.2) is 0 Å². The summed E-state index contributed by atoms with van der Waals surface area (Å²) in [6, 6.07) is 0. The number of rotatable bonds is 0. The summed E-state index contributed by atoms with van der Waals surface area (Å²) in [7, 11) is 0. The Morgan fingerprint density at radius 1 is 1.20 bits per heavy atom. The SMILES string of the molecule is CC1[C@@H](C)C2CCC3CC312. The number of hydrogen-bond donors (Lipinski definition) is 0. The molecule has 3 saturated carbocycles. The largest absolute Gasteiger partial charge is 0.0619 e. The van der Waals surface area contributed by atoms with E-state index in [-0.39, 0.29) is 0 Å². The van der Waals surface area contributed by atoms with E-state index in [1.54, 1.807) is 19.3 Å². The van der Waals surface area contributed by atoms with Gasteiger partial charge in [-0.2, -0.15) is 0 Å². The molecule has 0 aromatic rings. The highest BCUT2D eigenvalue weighted by Gasteiger charge is 2.73. The maximum Gasteiger partial charge on any atom is -0.0207 e. The fourth-order valence-electron chi connectivity index (χ4n) is 4.21. The molecule has 4 unspecified atom stereocenters. The molecular weight excluding hydrogens is 120 g/mol. The molecule has 0 saturated heterocycles. The molecule has 0 heterocycles. The summed E-state index contributed by atoms with van der Waals surface area (Å²) in [5, 5.41) is 0. The van der Waals surface area contributed by atoms with Gasteiger partial charge in [0, 0.05) is 0 Å². The molecule has 56 valence electrons. The summed E-state index contributed by atoms with van der Waals surface area (Å²) in [5.41, 5.74) is 0.930. The van der Waals surface area contributed by atoms with Gasteiger partial charge >= 0.3 is 0 Å². The lowest BCUT2D eigenvalue weighted by Gasteiger charge is -2.49. The summed E-state index contributed by atoms with van der Waals surface area (Å²) in [4.78, 5) is 0. The first-order valence-electron chi connectivity index (χ1n) is 4.77. The molecule has 3 fully saturated rings. The maximum atomic E-state index is 2.48. The molecule has 0 aromatic heterocycles. The third kappa shape index (κ3) is 0.339. The third-order valence-corrected chi connectivity index (χ3v) is 4.99. The lowest BCUT2D eigenvalue weighted by atomic mass is 9.56. The van der Waals surface area contributed by atoms with E-state index >= 15 is 0 Å². The van der Waals surface area contributed by atoms with Crippen molar-refractivity contribution in [2.24, 2.45) is 29.1 Å². The molecule has 10 heavy (non-hydrogen) atoms. The van der Waals surface area contributed by atoms with Crippen molar-refractivity contribution in [1.82, 2.24) is 0 Å². The van der Waals surface area contributed by atoms with Crippen molar-refractivity contribution in [3.63, 3.8) is 0 Å². The molecule has 0 heteroatoms. The molecule has 0 radical (unpaired) electrons. The minimum atomic E-state index is 0.930. The van der Waals surface area contributed by atoms with Gasteiger partial charge in [-0.15, -0.1) is 0 Å². The van der Waals surface area contributed by atoms with Crippen LogP contribution in [0.25, 0.3) is 0 Å². The summed E-state index contributed by atoms with van der Waals surface area (Å²) >= 11 is 0. The molecule has 0 aliphatic heterocycles. The van der Waals surface area contributed by atoms with Crippen molar-refractivity contribution < 1.29 is 0 Å². The smallest absolute Gasteiger partial charge is 0.0207 e. The van der Waals surface area contributed by atoms with Crippen molar-refractivity contribution in [1.29, 1.82) is 0 Å². The highest BCUT2D eigenvalue weighted by molar-refractivity contribution is 5.21. The van der Waals surface area contributed by atoms with E-state index in [9.17, 15) is 0 Å². The zero-order valence-electron chi connectivity index (χ0n) is 6.93. The van der Waals surface area contributed by atoms with Gasteiger partial charge in [0.1, 0.15) is 0 Å². The predicted molar refractivity (Wildman–Crippen MR) is 41.6 cm³/mol. The van der Waals surface area contributed by atoms with E-state index in [2.05, 4.69) is 13.8 Å². The zero-order chi connectivity index (χ0) is 6.93. The second-order valence-corrected chi connectivity index (χ2v) is 4.85. The van der Waals surface area contributed by atoms with E-state index in [0.29, 0.717) is 0 Å². The second-order valence-electron chi connectivity index (χ2n) is 4.85. The van der Waals surface area contributed by atoms with Crippen LogP contribution in [0.1, 0.15) is 33.1 Å². The topological polar surface area (TPSA) is 0 Å². The van der Waals surface area contributed by atoms with E-state index in [4.69, 9.17) is 0 Å². The molecule has 0 amide bonds. The van der Waals surface area contributed by atoms with Crippen LogP contribution in [0.3, 0.4) is 0 Å². The van der Waals surface area contributed by atoms with Gasteiger partial charge in [-0.25, -0.2) is 0 Å². The van der Waals surface area contributed by atoms with E-state index in [0.717, 1.165) is 23.2 Å². The van der Waals surface area contributed by atoms with Gasteiger partial charge < -0.3 is 0 Å². The highest BCUT2D eigenvalue weighted by atomic mass is 14.8. The lowest BCUT2D eigenvalue weighted by Crippen LogP contribution is -2.44. The van der Waals surface area contributed by atoms with Crippen LogP contribution in [0.4, 0.5) is 0 Å². The van der Waals surface area contributed by atoms with Gasteiger partial charge in [0.15, 0.2) is 0 Å². The van der Waals surface area contributed by atoms with Crippen LogP contribution in [-0.4, -0.2) is 0 Å². The zero-order valence-corrected chi connectivity index (χ0v) is 6.93. The summed E-state index contributed by atoms with van der Waals surface area (Å²) < 4.78 is 0. The molecule has 0 bridgehead atoms. The summed E-state index contributed by atoms with van der Waals surface area (Å²) in [6.07, 6.45) is 4.73.